The maximum atomic E-state index is 12.2. The molecule has 0 saturated heterocycles. The normalized spacial score (nSPS) is 10.7. The van der Waals surface area contributed by atoms with Crippen molar-refractivity contribution in [3.63, 3.8) is 0 Å². The van der Waals surface area contributed by atoms with Gasteiger partial charge in [-0.2, -0.15) is 0 Å². The van der Waals surface area contributed by atoms with Crippen LogP contribution in [0.1, 0.15) is 28.5 Å². The highest BCUT2D eigenvalue weighted by molar-refractivity contribution is 5.95. The zero-order valence-corrected chi connectivity index (χ0v) is 14.0. The second-order valence-corrected chi connectivity index (χ2v) is 5.57. The lowest BCUT2D eigenvalue weighted by Gasteiger charge is -2.08. The molecule has 1 aromatic carbocycles. The molecule has 0 atom stereocenters. The van der Waals surface area contributed by atoms with Crippen LogP contribution in [0, 0.1) is 6.92 Å². The van der Waals surface area contributed by atoms with Gasteiger partial charge in [0.25, 0.3) is 0 Å². The first kappa shape index (κ1) is 17.2. The molecule has 9 nitrogen and oxygen atoms in total. The summed E-state index contributed by atoms with van der Waals surface area (Å²) >= 11 is 0. The lowest BCUT2D eigenvalue weighted by atomic mass is 10.1. The van der Waals surface area contributed by atoms with Crippen molar-refractivity contribution < 1.29 is 23.3 Å². The highest BCUT2D eigenvalue weighted by Crippen LogP contribution is 2.23. The lowest BCUT2D eigenvalue weighted by molar-refractivity contribution is -0.114. The van der Waals surface area contributed by atoms with Crippen molar-refractivity contribution in [1.82, 2.24) is 5.16 Å². The molecule has 0 bridgehead atoms. The minimum absolute atomic E-state index is 0.0465. The topological polar surface area (TPSA) is 138 Å². The average molecular weight is 357 g/mol. The quantitative estimate of drug-likeness (QED) is 0.534. The molecule has 26 heavy (non-hydrogen) atoms. The van der Waals surface area contributed by atoms with Crippen LogP contribution in [0.15, 0.2) is 38.0 Å². The molecule has 0 fully saturated rings. The van der Waals surface area contributed by atoms with E-state index in [4.69, 9.17) is 19.4 Å². The van der Waals surface area contributed by atoms with Gasteiger partial charge in [-0.1, -0.05) is 5.16 Å². The molecule has 3 aromatic rings. The molecule has 0 saturated carbocycles. The number of anilines is 2. The number of aryl methyl sites for hydroxylation is 1. The first-order chi connectivity index (χ1) is 12.3. The number of nitrogens with one attached hydrogen (secondary N) is 1. The molecule has 0 aliphatic carbocycles. The second-order valence-electron chi connectivity index (χ2n) is 5.57. The van der Waals surface area contributed by atoms with Crippen molar-refractivity contribution >= 4 is 34.4 Å². The summed E-state index contributed by atoms with van der Waals surface area (Å²) in [7, 11) is 0. The third-order valence-electron chi connectivity index (χ3n) is 3.60. The van der Waals surface area contributed by atoms with E-state index in [0.717, 1.165) is 0 Å². The van der Waals surface area contributed by atoms with Gasteiger partial charge in [-0.05, 0) is 19.1 Å². The highest BCUT2D eigenvalue weighted by atomic mass is 16.5. The van der Waals surface area contributed by atoms with Gasteiger partial charge in [-0.25, -0.2) is 9.59 Å². The molecule has 0 spiro atoms. The van der Waals surface area contributed by atoms with Gasteiger partial charge in [-0.15, -0.1) is 0 Å². The molecule has 9 heteroatoms. The fourth-order valence-corrected chi connectivity index (χ4v) is 2.48. The number of hydrogen-bond donors (Lipinski definition) is 2. The van der Waals surface area contributed by atoms with Crippen LogP contribution >= 0.6 is 0 Å². The van der Waals surface area contributed by atoms with Crippen molar-refractivity contribution in [2.45, 2.75) is 20.5 Å². The molecule has 0 radical (unpaired) electrons. The number of hydrogen-bond acceptors (Lipinski definition) is 8. The van der Waals surface area contributed by atoms with Crippen LogP contribution in [0.2, 0.25) is 0 Å². The van der Waals surface area contributed by atoms with Crippen molar-refractivity contribution in [2.75, 3.05) is 11.1 Å². The molecule has 0 aliphatic rings. The predicted molar refractivity (Wildman–Crippen MR) is 91.6 cm³/mol. The van der Waals surface area contributed by atoms with Crippen LogP contribution in [0.4, 0.5) is 11.6 Å². The number of carbonyl (C=O) groups is 2. The average Bonchev–Trinajstić information content (AvgIpc) is 2.90. The number of ether oxygens (including phenoxy) is 1. The van der Waals surface area contributed by atoms with E-state index in [9.17, 15) is 14.4 Å². The molecule has 0 unspecified atom stereocenters. The maximum Gasteiger partial charge on any atom is 0.346 e. The Labute approximate surface area is 146 Å². The number of rotatable bonds is 4. The zero-order valence-electron chi connectivity index (χ0n) is 14.0. The number of benzene rings is 1. The largest absolute Gasteiger partial charge is 0.457 e. The molecule has 0 aliphatic heterocycles. The smallest absolute Gasteiger partial charge is 0.346 e. The first-order valence-corrected chi connectivity index (χ1v) is 7.58. The Kier molecular flexibility index (Phi) is 4.44. The third kappa shape index (κ3) is 3.41. The number of amides is 1. The van der Waals surface area contributed by atoms with Crippen LogP contribution in [-0.2, 0) is 16.1 Å². The molecule has 2 aromatic heterocycles. The number of carbonyl (C=O) groups excluding carboxylic acids is 2. The molecule has 1 amide bonds. The summed E-state index contributed by atoms with van der Waals surface area (Å²) in [5.41, 5.74) is 6.49. The van der Waals surface area contributed by atoms with Crippen molar-refractivity contribution in [2.24, 2.45) is 0 Å². The van der Waals surface area contributed by atoms with Crippen LogP contribution < -0.4 is 16.7 Å². The van der Waals surface area contributed by atoms with Gasteiger partial charge in [0.05, 0.1) is 5.69 Å². The van der Waals surface area contributed by atoms with E-state index in [1.54, 1.807) is 19.1 Å². The van der Waals surface area contributed by atoms with Gasteiger partial charge in [0.2, 0.25) is 11.8 Å². The Bertz CT molecular complexity index is 1050. The molecule has 3 N–H and O–H groups in total. The van der Waals surface area contributed by atoms with E-state index in [2.05, 4.69) is 10.5 Å². The predicted octanol–water partition coefficient (Wildman–Crippen LogP) is 1.99. The van der Waals surface area contributed by atoms with E-state index < -0.39 is 11.6 Å². The fourth-order valence-electron chi connectivity index (χ4n) is 2.48. The molecule has 3 rings (SSSR count). The number of nitrogen functional groups attached to an aromatic ring is 1. The highest BCUT2D eigenvalue weighted by Gasteiger charge is 2.20. The minimum Gasteiger partial charge on any atom is -0.457 e. The summed E-state index contributed by atoms with van der Waals surface area (Å²) in [6, 6.07) is 6.06. The summed E-state index contributed by atoms with van der Waals surface area (Å²) < 4.78 is 15.1. The summed E-state index contributed by atoms with van der Waals surface area (Å²) in [6.07, 6.45) is 0. The Morgan fingerprint density at radius 2 is 2.08 bits per heavy atom. The van der Waals surface area contributed by atoms with Gasteiger partial charge in [0.15, 0.2) is 0 Å². The van der Waals surface area contributed by atoms with Crippen LogP contribution in [0.5, 0.6) is 0 Å². The van der Waals surface area contributed by atoms with Crippen molar-refractivity contribution in [3.05, 3.63) is 51.5 Å². The van der Waals surface area contributed by atoms with Crippen LogP contribution in [0.3, 0.4) is 0 Å². The SMILES string of the molecule is CC(=O)Nc1ccc2c(COC(=O)c3c(C)noc3N)cc(=O)oc2c1. The first-order valence-electron chi connectivity index (χ1n) is 7.58. The van der Waals surface area contributed by atoms with Crippen LogP contribution in [-0.4, -0.2) is 17.0 Å². The van der Waals surface area contributed by atoms with Gasteiger partial charge < -0.3 is 24.7 Å². The van der Waals surface area contributed by atoms with Gasteiger partial charge in [0.1, 0.15) is 17.8 Å². The summed E-state index contributed by atoms with van der Waals surface area (Å²) in [6.45, 7) is 2.76. The molecule has 134 valence electrons. The summed E-state index contributed by atoms with van der Waals surface area (Å²) in [5, 5.41) is 6.76. The van der Waals surface area contributed by atoms with Gasteiger partial charge in [0, 0.05) is 35.7 Å². The van der Waals surface area contributed by atoms with Gasteiger partial charge in [-0.3, -0.25) is 4.79 Å². The molecular formula is C17H15N3O6. The second kappa shape index (κ2) is 6.71. The van der Waals surface area contributed by atoms with Crippen molar-refractivity contribution in [3.8, 4) is 0 Å². The zero-order chi connectivity index (χ0) is 18.8. The van der Waals surface area contributed by atoms with Crippen molar-refractivity contribution in [1.29, 1.82) is 0 Å². The van der Waals surface area contributed by atoms with E-state index in [1.807, 2.05) is 0 Å². The van der Waals surface area contributed by atoms with E-state index in [1.165, 1.54) is 19.1 Å². The maximum absolute atomic E-state index is 12.2. The minimum atomic E-state index is -0.711. The fraction of sp³-hybridized carbons (Fsp3) is 0.176. The monoisotopic (exact) mass is 357 g/mol. The number of esters is 1. The Balaban J connectivity index is 1.89. The summed E-state index contributed by atoms with van der Waals surface area (Å²) in [5.74, 6) is -1.10. The Morgan fingerprint density at radius 1 is 1.31 bits per heavy atom. The van der Waals surface area contributed by atoms with E-state index in [0.29, 0.717) is 22.3 Å². The molecule has 2 heterocycles. The number of nitrogens with two attached hydrogens (primary N) is 1. The van der Waals surface area contributed by atoms with E-state index >= 15 is 0 Å². The lowest BCUT2D eigenvalue weighted by Crippen LogP contribution is -2.10. The van der Waals surface area contributed by atoms with E-state index in [-0.39, 0.29) is 29.5 Å². The standard InChI is InChI=1S/C17H15N3O6/c1-8-15(16(18)26-20-8)17(23)24-7-10-5-14(22)25-13-6-11(19-9(2)21)3-4-12(10)13/h3-6H,7,18H2,1-2H3,(H,19,21). The Morgan fingerprint density at radius 3 is 2.73 bits per heavy atom. The van der Waals surface area contributed by atoms with Crippen LogP contribution in [0.25, 0.3) is 11.0 Å². The number of nitrogens with zero attached hydrogens (tertiary/aromatic N) is 1. The van der Waals surface area contributed by atoms with Gasteiger partial charge >= 0.3 is 11.6 Å². The molecular weight excluding hydrogens is 342 g/mol. The number of aromatic nitrogens is 1. The summed E-state index contributed by atoms with van der Waals surface area (Å²) in [4.78, 5) is 35.1. The third-order valence-corrected chi connectivity index (χ3v) is 3.60. The number of fused-ring (bicyclic) bond motifs is 1. The Hall–Kier alpha value is -3.62.